The van der Waals surface area contributed by atoms with Gasteiger partial charge in [-0.05, 0) is 6.92 Å². The fourth-order valence-electron chi connectivity index (χ4n) is 1.82. The van der Waals surface area contributed by atoms with Gasteiger partial charge in [-0.1, -0.05) is 0 Å². The topological polar surface area (TPSA) is 88.7 Å². The van der Waals surface area contributed by atoms with Gasteiger partial charge < -0.3 is 20.5 Å². The number of hydrogen-bond donors (Lipinski definition) is 2. The molecule has 3 N–H and O–H groups in total. The van der Waals surface area contributed by atoms with Gasteiger partial charge in [0.2, 0.25) is 0 Å². The molecule has 0 saturated carbocycles. The minimum Gasteiger partial charge on any atom is -0.394 e. The number of morpholine rings is 1. The van der Waals surface area contributed by atoms with Crippen molar-refractivity contribution >= 4 is 17.2 Å². The van der Waals surface area contributed by atoms with Crippen LogP contribution in [0.2, 0.25) is 0 Å². The van der Waals surface area contributed by atoms with Gasteiger partial charge in [0.1, 0.15) is 10.7 Å². The second-order valence-electron chi connectivity index (χ2n) is 4.27. The van der Waals surface area contributed by atoms with Crippen molar-refractivity contribution in [1.29, 1.82) is 0 Å². The summed E-state index contributed by atoms with van der Waals surface area (Å²) in [5.41, 5.74) is 6.12. The summed E-state index contributed by atoms with van der Waals surface area (Å²) in [5.74, 6) is -0.166. The molecule has 1 aliphatic heterocycles. The Hall–Kier alpha value is -1.02. The Morgan fingerprint density at radius 2 is 2.61 bits per heavy atom. The molecule has 0 aliphatic carbocycles. The molecule has 2 atom stereocenters. The average Bonchev–Trinajstić information content (AvgIpc) is 2.87. The number of hydrogen-bond acceptors (Lipinski definition) is 6. The van der Waals surface area contributed by atoms with Crippen LogP contribution in [0.3, 0.4) is 0 Å². The van der Waals surface area contributed by atoms with Crippen molar-refractivity contribution in [2.24, 2.45) is 5.73 Å². The van der Waals surface area contributed by atoms with Gasteiger partial charge in [0.25, 0.3) is 5.91 Å². The first kappa shape index (κ1) is 13.4. The minimum atomic E-state index is -0.285. The van der Waals surface area contributed by atoms with Gasteiger partial charge in [-0.15, -0.1) is 11.3 Å². The second kappa shape index (κ2) is 5.75. The molecule has 0 bridgehead atoms. The number of rotatable bonds is 3. The molecule has 1 aromatic heterocycles. The first-order valence-electron chi connectivity index (χ1n) is 5.84. The molecule has 7 heteroatoms. The molecule has 2 rings (SSSR count). The fourth-order valence-corrected chi connectivity index (χ4v) is 2.57. The van der Waals surface area contributed by atoms with Gasteiger partial charge in [0.15, 0.2) is 0 Å². The highest BCUT2D eigenvalue weighted by Gasteiger charge is 2.29. The van der Waals surface area contributed by atoms with Crippen LogP contribution < -0.4 is 5.73 Å². The van der Waals surface area contributed by atoms with E-state index in [1.54, 1.807) is 10.3 Å². The van der Waals surface area contributed by atoms with E-state index in [1.165, 1.54) is 11.3 Å². The van der Waals surface area contributed by atoms with Crippen LogP contribution >= 0.6 is 11.3 Å². The smallest absolute Gasteiger partial charge is 0.273 e. The molecular weight excluding hydrogens is 254 g/mol. The average molecular weight is 271 g/mol. The van der Waals surface area contributed by atoms with Crippen LogP contribution in [0.25, 0.3) is 0 Å². The van der Waals surface area contributed by atoms with Crippen molar-refractivity contribution in [3.63, 3.8) is 0 Å². The second-order valence-corrected chi connectivity index (χ2v) is 5.16. The molecular formula is C11H17N3O3S. The van der Waals surface area contributed by atoms with E-state index in [4.69, 9.17) is 10.5 Å². The number of aliphatic hydroxyl groups is 1. The summed E-state index contributed by atoms with van der Waals surface area (Å²) in [6.07, 6.45) is 0. The molecule has 2 heterocycles. The lowest BCUT2D eigenvalue weighted by Gasteiger charge is -2.33. The molecule has 1 aromatic rings. The van der Waals surface area contributed by atoms with Crippen molar-refractivity contribution in [2.45, 2.75) is 19.0 Å². The first-order valence-corrected chi connectivity index (χ1v) is 6.72. The minimum absolute atomic E-state index is 0.101. The van der Waals surface area contributed by atoms with Gasteiger partial charge in [0, 0.05) is 11.9 Å². The van der Waals surface area contributed by atoms with Gasteiger partial charge >= 0.3 is 0 Å². The van der Waals surface area contributed by atoms with Crippen molar-refractivity contribution in [1.82, 2.24) is 9.88 Å². The highest BCUT2D eigenvalue weighted by Crippen LogP contribution is 2.18. The predicted molar refractivity (Wildman–Crippen MR) is 67.4 cm³/mol. The van der Waals surface area contributed by atoms with Crippen LogP contribution in [0.15, 0.2) is 5.38 Å². The highest BCUT2D eigenvalue weighted by molar-refractivity contribution is 7.09. The normalized spacial score (nSPS) is 21.9. The van der Waals surface area contributed by atoms with Crippen LogP contribution in [-0.4, -0.2) is 53.3 Å². The molecule has 6 nitrogen and oxygen atoms in total. The van der Waals surface area contributed by atoms with E-state index in [0.717, 1.165) is 5.01 Å². The van der Waals surface area contributed by atoms with Crippen molar-refractivity contribution < 1.29 is 14.6 Å². The number of amides is 1. The largest absolute Gasteiger partial charge is 0.394 e. The molecule has 1 saturated heterocycles. The number of thiazole rings is 1. The lowest BCUT2D eigenvalue weighted by atomic mass is 10.2. The Labute approximate surface area is 109 Å². The third-order valence-corrected chi connectivity index (χ3v) is 3.88. The predicted octanol–water partition coefficient (Wildman–Crippen LogP) is -0.00390. The molecule has 2 unspecified atom stereocenters. The Bertz CT molecular complexity index is 421. The van der Waals surface area contributed by atoms with Crippen molar-refractivity contribution in [3.8, 4) is 0 Å². The van der Waals surface area contributed by atoms with Gasteiger partial charge in [-0.2, -0.15) is 0 Å². The van der Waals surface area contributed by atoms with E-state index in [1.807, 2.05) is 6.92 Å². The number of carbonyl (C=O) groups excluding carboxylic acids is 1. The van der Waals surface area contributed by atoms with Crippen LogP contribution in [0.1, 0.15) is 28.5 Å². The van der Waals surface area contributed by atoms with E-state index in [2.05, 4.69) is 4.98 Å². The third-order valence-electron chi connectivity index (χ3n) is 2.83. The molecule has 1 fully saturated rings. The summed E-state index contributed by atoms with van der Waals surface area (Å²) in [6, 6.07) is -0.457. The maximum absolute atomic E-state index is 12.3. The zero-order chi connectivity index (χ0) is 13.1. The van der Waals surface area contributed by atoms with Gasteiger partial charge in [-0.25, -0.2) is 4.98 Å². The summed E-state index contributed by atoms with van der Waals surface area (Å²) in [4.78, 5) is 18.1. The SMILES string of the molecule is CC(N)c1nc(C(=O)N2CCOCC2CO)cs1. The quantitative estimate of drug-likeness (QED) is 0.807. The molecule has 100 valence electrons. The Morgan fingerprint density at radius 1 is 1.83 bits per heavy atom. The van der Waals surface area contributed by atoms with Crippen LogP contribution in [-0.2, 0) is 4.74 Å². The van der Waals surface area contributed by atoms with Gasteiger partial charge in [0.05, 0.1) is 31.9 Å². The van der Waals surface area contributed by atoms with Gasteiger partial charge in [-0.3, -0.25) is 4.79 Å². The fraction of sp³-hybridized carbons (Fsp3) is 0.636. The molecule has 0 spiro atoms. The summed E-state index contributed by atoms with van der Waals surface area (Å²) in [6.45, 7) is 3.07. The standard InChI is InChI=1S/C11H17N3O3S/c1-7(12)10-13-9(6-18-10)11(16)14-2-3-17-5-8(14)4-15/h6-8,15H,2-5,12H2,1H3. The third kappa shape index (κ3) is 2.69. The lowest BCUT2D eigenvalue weighted by Crippen LogP contribution is -2.50. The van der Waals surface area contributed by atoms with Crippen LogP contribution in [0.5, 0.6) is 0 Å². The van der Waals surface area contributed by atoms with Crippen molar-refractivity contribution in [2.75, 3.05) is 26.4 Å². The lowest BCUT2D eigenvalue weighted by molar-refractivity contribution is -0.0186. The number of aliphatic hydroxyl groups excluding tert-OH is 1. The number of carbonyl (C=O) groups is 1. The molecule has 0 radical (unpaired) electrons. The number of aromatic nitrogens is 1. The number of nitrogens with two attached hydrogens (primary N) is 1. The monoisotopic (exact) mass is 271 g/mol. The zero-order valence-corrected chi connectivity index (χ0v) is 11.0. The summed E-state index contributed by atoms with van der Waals surface area (Å²) < 4.78 is 5.24. The van der Waals surface area contributed by atoms with Crippen LogP contribution in [0.4, 0.5) is 0 Å². The van der Waals surface area contributed by atoms with Crippen molar-refractivity contribution in [3.05, 3.63) is 16.1 Å². The zero-order valence-electron chi connectivity index (χ0n) is 10.2. The number of nitrogens with zero attached hydrogens (tertiary/aromatic N) is 2. The van der Waals surface area contributed by atoms with E-state index in [9.17, 15) is 9.90 Å². The molecule has 0 aromatic carbocycles. The van der Waals surface area contributed by atoms with E-state index in [-0.39, 0.29) is 24.6 Å². The van der Waals surface area contributed by atoms with E-state index in [0.29, 0.717) is 25.5 Å². The van der Waals surface area contributed by atoms with E-state index < -0.39 is 0 Å². The van der Waals surface area contributed by atoms with E-state index >= 15 is 0 Å². The maximum Gasteiger partial charge on any atom is 0.273 e. The molecule has 1 aliphatic rings. The number of ether oxygens (including phenoxy) is 1. The Morgan fingerprint density at radius 3 is 3.22 bits per heavy atom. The highest BCUT2D eigenvalue weighted by atomic mass is 32.1. The van der Waals surface area contributed by atoms with Crippen LogP contribution in [0, 0.1) is 0 Å². The Kier molecular flexibility index (Phi) is 4.28. The molecule has 1 amide bonds. The first-order chi connectivity index (χ1) is 8.63. The summed E-state index contributed by atoms with van der Waals surface area (Å²) in [5, 5.41) is 11.7. The Balaban J connectivity index is 2.13. The summed E-state index contributed by atoms with van der Waals surface area (Å²) in [7, 11) is 0. The maximum atomic E-state index is 12.3. The summed E-state index contributed by atoms with van der Waals surface area (Å²) >= 11 is 1.38. The molecule has 18 heavy (non-hydrogen) atoms.